The summed E-state index contributed by atoms with van der Waals surface area (Å²) in [6.45, 7) is 0. The molecule has 0 fully saturated rings. The zero-order chi connectivity index (χ0) is 19.5. The average Bonchev–Trinajstić information content (AvgIpc) is 2.75. The zero-order valence-corrected chi connectivity index (χ0v) is 14.6. The molecule has 28 heavy (non-hydrogen) atoms. The number of nitriles is 1. The van der Waals surface area contributed by atoms with Crippen LogP contribution in [0, 0.1) is 23.0 Å². The molecule has 134 valence electrons. The van der Waals surface area contributed by atoms with Gasteiger partial charge < -0.3 is 0 Å². The summed E-state index contributed by atoms with van der Waals surface area (Å²) in [6.07, 6.45) is 1.60. The molecule has 5 heteroatoms. The number of hydrogen-bond donors (Lipinski definition) is 0. The number of rotatable bonds is 3. The van der Waals surface area contributed by atoms with Crippen LogP contribution in [0.4, 0.5) is 8.78 Å². The molecular formula is C23H13F2N3. The lowest BCUT2D eigenvalue weighted by molar-refractivity contribution is 0.625. The van der Waals surface area contributed by atoms with Crippen molar-refractivity contribution >= 4 is 0 Å². The Bertz CT molecular complexity index is 1200. The molecule has 0 spiro atoms. The Morgan fingerprint density at radius 2 is 1.57 bits per heavy atom. The minimum atomic E-state index is -0.539. The van der Waals surface area contributed by atoms with E-state index in [2.05, 4.69) is 10.2 Å². The molecule has 0 unspecified atom stereocenters. The molecule has 0 aliphatic heterocycles. The van der Waals surface area contributed by atoms with Crippen molar-refractivity contribution in [3.8, 4) is 39.6 Å². The third kappa shape index (κ3) is 3.36. The van der Waals surface area contributed by atoms with Crippen LogP contribution in [-0.4, -0.2) is 10.2 Å². The lowest BCUT2D eigenvalue weighted by Gasteiger charge is -2.10. The van der Waals surface area contributed by atoms with Crippen molar-refractivity contribution < 1.29 is 8.78 Å². The lowest BCUT2D eigenvalue weighted by Crippen LogP contribution is -1.93. The molecule has 0 amide bonds. The summed E-state index contributed by atoms with van der Waals surface area (Å²) in [7, 11) is 0. The van der Waals surface area contributed by atoms with Crippen LogP contribution in [-0.2, 0) is 0 Å². The van der Waals surface area contributed by atoms with E-state index in [0.29, 0.717) is 11.3 Å². The minimum absolute atomic E-state index is 0.0777. The van der Waals surface area contributed by atoms with E-state index >= 15 is 0 Å². The van der Waals surface area contributed by atoms with Gasteiger partial charge in [0.2, 0.25) is 0 Å². The summed E-state index contributed by atoms with van der Waals surface area (Å²) >= 11 is 0. The third-order valence-corrected chi connectivity index (χ3v) is 4.42. The zero-order valence-electron chi connectivity index (χ0n) is 14.6. The highest BCUT2D eigenvalue weighted by Crippen LogP contribution is 2.32. The largest absolute Gasteiger partial charge is 0.207 e. The first-order valence-electron chi connectivity index (χ1n) is 8.54. The van der Waals surface area contributed by atoms with E-state index in [1.54, 1.807) is 18.3 Å². The maximum atomic E-state index is 14.5. The summed E-state index contributed by atoms with van der Waals surface area (Å²) in [5, 5.41) is 17.5. The van der Waals surface area contributed by atoms with Crippen molar-refractivity contribution in [1.29, 1.82) is 5.26 Å². The van der Waals surface area contributed by atoms with Crippen molar-refractivity contribution in [2.24, 2.45) is 0 Å². The molecule has 3 aromatic carbocycles. The van der Waals surface area contributed by atoms with Crippen LogP contribution < -0.4 is 0 Å². The Morgan fingerprint density at radius 1 is 0.750 bits per heavy atom. The highest BCUT2D eigenvalue weighted by atomic mass is 19.1. The third-order valence-electron chi connectivity index (χ3n) is 4.42. The highest BCUT2D eigenvalue weighted by Gasteiger charge is 2.13. The van der Waals surface area contributed by atoms with Crippen LogP contribution in [0.15, 0.2) is 79.0 Å². The van der Waals surface area contributed by atoms with Crippen LogP contribution in [0.5, 0.6) is 0 Å². The molecular weight excluding hydrogens is 356 g/mol. The minimum Gasteiger partial charge on any atom is -0.207 e. The van der Waals surface area contributed by atoms with E-state index in [-0.39, 0.29) is 11.1 Å². The first-order chi connectivity index (χ1) is 13.7. The maximum Gasteiger partial charge on any atom is 0.131 e. The molecule has 1 heterocycles. The van der Waals surface area contributed by atoms with Gasteiger partial charge in [0.1, 0.15) is 11.6 Å². The molecule has 0 aliphatic rings. The second-order valence-electron chi connectivity index (χ2n) is 6.19. The van der Waals surface area contributed by atoms with Gasteiger partial charge in [0.15, 0.2) is 0 Å². The Hall–Kier alpha value is -3.91. The van der Waals surface area contributed by atoms with Gasteiger partial charge in [-0.2, -0.15) is 15.5 Å². The summed E-state index contributed by atoms with van der Waals surface area (Å²) in [5.41, 5.74) is 3.75. The summed E-state index contributed by atoms with van der Waals surface area (Å²) in [4.78, 5) is 0. The highest BCUT2D eigenvalue weighted by molar-refractivity contribution is 5.77. The molecule has 4 rings (SSSR count). The van der Waals surface area contributed by atoms with Gasteiger partial charge in [-0.1, -0.05) is 42.5 Å². The Kier molecular flexibility index (Phi) is 4.61. The Labute approximate surface area is 160 Å². The van der Waals surface area contributed by atoms with Gasteiger partial charge in [0.25, 0.3) is 0 Å². The quantitative estimate of drug-likeness (QED) is 0.470. The molecule has 0 radical (unpaired) electrons. The predicted octanol–water partition coefficient (Wildman–Crippen LogP) is 5.63. The van der Waals surface area contributed by atoms with E-state index in [4.69, 9.17) is 0 Å². The number of nitrogens with zero attached hydrogens (tertiary/aromatic N) is 3. The predicted molar refractivity (Wildman–Crippen MR) is 103 cm³/mol. The molecule has 0 saturated heterocycles. The molecule has 4 aromatic rings. The van der Waals surface area contributed by atoms with E-state index < -0.39 is 11.6 Å². The van der Waals surface area contributed by atoms with E-state index in [1.165, 1.54) is 18.2 Å². The number of hydrogen-bond acceptors (Lipinski definition) is 3. The molecule has 0 bridgehead atoms. The second kappa shape index (κ2) is 7.37. The van der Waals surface area contributed by atoms with Crippen LogP contribution in [0.1, 0.15) is 5.56 Å². The van der Waals surface area contributed by atoms with Gasteiger partial charge >= 0.3 is 0 Å². The van der Waals surface area contributed by atoms with Crippen LogP contribution in [0.3, 0.4) is 0 Å². The molecule has 0 atom stereocenters. The SMILES string of the molecule is N#Cc1cc(F)ccc1-c1cc(-c2cnnc(-c3ccccc3)c2)ccc1F. The Balaban J connectivity index is 1.82. The fourth-order valence-electron chi connectivity index (χ4n) is 3.03. The molecule has 1 aromatic heterocycles. The van der Waals surface area contributed by atoms with Gasteiger partial charge in [-0.15, -0.1) is 0 Å². The Morgan fingerprint density at radius 3 is 2.36 bits per heavy atom. The van der Waals surface area contributed by atoms with E-state index in [9.17, 15) is 14.0 Å². The number of aromatic nitrogens is 2. The fourth-order valence-corrected chi connectivity index (χ4v) is 3.03. The maximum absolute atomic E-state index is 14.5. The number of benzene rings is 3. The molecule has 3 nitrogen and oxygen atoms in total. The molecule has 0 N–H and O–H groups in total. The van der Waals surface area contributed by atoms with Gasteiger partial charge in [-0.05, 0) is 35.9 Å². The van der Waals surface area contributed by atoms with Crippen LogP contribution in [0.2, 0.25) is 0 Å². The van der Waals surface area contributed by atoms with Crippen molar-refractivity contribution in [3.05, 3.63) is 96.2 Å². The van der Waals surface area contributed by atoms with E-state index in [0.717, 1.165) is 22.8 Å². The van der Waals surface area contributed by atoms with Crippen molar-refractivity contribution in [1.82, 2.24) is 10.2 Å². The van der Waals surface area contributed by atoms with Crippen molar-refractivity contribution in [2.75, 3.05) is 0 Å². The monoisotopic (exact) mass is 369 g/mol. The van der Waals surface area contributed by atoms with Gasteiger partial charge in [0, 0.05) is 22.3 Å². The summed E-state index contributed by atoms with van der Waals surface area (Å²) in [6, 6.07) is 21.7. The number of halogens is 2. The normalized spacial score (nSPS) is 10.5. The second-order valence-corrected chi connectivity index (χ2v) is 6.19. The smallest absolute Gasteiger partial charge is 0.131 e. The molecule has 0 saturated carbocycles. The first kappa shape index (κ1) is 17.5. The lowest BCUT2D eigenvalue weighted by atomic mass is 9.96. The van der Waals surface area contributed by atoms with Crippen molar-refractivity contribution in [3.63, 3.8) is 0 Å². The molecule has 0 aliphatic carbocycles. The standard InChI is InChI=1S/C23H13F2N3/c24-19-7-8-20(17(10-19)13-26)21-11-16(6-9-22(21)25)18-12-23(28-27-14-18)15-4-2-1-3-5-15/h1-12,14H. The topological polar surface area (TPSA) is 49.6 Å². The average molecular weight is 369 g/mol. The summed E-state index contributed by atoms with van der Waals surface area (Å²) in [5.74, 6) is -1.03. The van der Waals surface area contributed by atoms with Gasteiger partial charge in [-0.3, -0.25) is 0 Å². The van der Waals surface area contributed by atoms with Crippen molar-refractivity contribution in [2.45, 2.75) is 0 Å². The fraction of sp³-hybridized carbons (Fsp3) is 0. The summed E-state index contributed by atoms with van der Waals surface area (Å²) < 4.78 is 27.9. The van der Waals surface area contributed by atoms with Gasteiger partial charge in [-0.25, -0.2) is 8.78 Å². The van der Waals surface area contributed by atoms with Gasteiger partial charge in [0.05, 0.1) is 23.5 Å². The van der Waals surface area contributed by atoms with Crippen LogP contribution >= 0.6 is 0 Å². The van der Waals surface area contributed by atoms with Crippen LogP contribution in [0.25, 0.3) is 33.5 Å². The first-order valence-corrected chi connectivity index (χ1v) is 8.54. The van der Waals surface area contributed by atoms with E-state index in [1.807, 2.05) is 42.5 Å².